The number of morpholine rings is 1. The average Bonchev–Trinajstić information content (AvgIpc) is 2.83. The third kappa shape index (κ3) is 6.09. The molecule has 0 aromatic heterocycles. The fourth-order valence-electron chi connectivity index (χ4n) is 3.29. The zero-order chi connectivity index (χ0) is 23.0. The van der Waals surface area contributed by atoms with E-state index in [0.29, 0.717) is 50.8 Å². The van der Waals surface area contributed by atoms with E-state index in [2.05, 4.69) is 5.32 Å². The predicted octanol–water partition coefficient (Wildman–Crippen LogP) is 2.10. The van der Waals surface area contributed by atoms with Crippen LogP contribution in [0.4, 0.5) is 0 Å². The van der Waals surface area contributed by atoms with Gasteiger partial charge in [0.25, 0.3) is 0 Å². The second-order valence-corrected chi connectivity index (χ2v) is 9.08. The number of hydrogen-bond donors (Lipinski definition) is 1. The monoisotopic (exact) mass is 460 g/mol. The van der Waals surface area contributed by atoms with Crippen molar-refractivity contribution in [2.24, 2.45) is 0 Å². The maximum Gasteiger partial charge on any atom is 0.244 e. The Hall–Kier alpha value is -2.88. The Balaban J connectivity index is 1.52. The topological polar surface area (TPSA) is 94.2 Å². The van der Waals surface area contributed by atoms with E-state index in [-0.39, 0.29) is 10.8 Å². The lowest BCUT2D eigenvalue weighted by Gasteiger charge is -2.26. The summed E-state index contributed by atoms with van der Waals surface area (Å²) < 4.78 is 42.5. The molecule has 0 spiro atoms. The van der Waals surface area contributed by atoms with Crippen molar-refractivity contribution in [3.8, 4) is 11.5 Å². The lowest BCUT2D eigenvalue weighted by Crippen LogP contribution is -2.40. The number of sulfonamides is 1. The predicted molar refractivity (Wildman–Crippen MR) is 121 cm³/mol. The van der Waals surface area contributed by atoms with Gasteiger partial charge in [-0.3, -0.25) is 4.79 Å². The van der Waals surface area contributed by atoms with Crippen LogP contribution < -0.4 is 14.8 Å². The maximum absolute atomic E-state index is 12.7. The zero-order valence-corrected chi connectivity index (χ0v) is 19.1. The SMILES string of the molecule is COc1ccc(OC)c(/C=C/C(=O)NCCc2ccc(S(=O)(=O)N3CCOCC3)cc2)c1. The second kappa shape index (κ2) is 11.1. The highest BCUT2D eigenvalue weighted by molar-refractivity contribution is 7.89. The number of hydrogen-bond acceptors (Lipinski definition) is 6. The molecule has 1 aliphatic rings. The summed E-state index contributed by atoms with van der Waals surface area (Å²) in [4.78, 5) is 12.4. The molecular formula is C23H28N2O6S. The molecule has 8 nitrogen and oxygen atoms in total. The Kier molecular flexibility index (Phi) is 8.26. The van der Waals surface area contributed by atoms with Crippen LogP contribution in [0.3, 0.4) is 0 Å². The van der Waals surface area contributed by atoms with Gasteiger partial charge in [-0.05, 0) is 48.4 Å². The summed E-state index contributed by atoms with van der Waals surface area (Å²) in [5, 5.41) is 2.83. The van der Waals surface area contributed by atoms with Crippen molar-refractivity contribution in [1.29, 1.82) is 0 Å². The van der Waals surface area contributed by atoms with Crippen molar-refractivity contribution in [2.45, 2.75) is 11.3 Å². The molecule has 1 saturated heterocycles. The van der Waals surface area contributed by atoms with Gasteiger partial charge in [0.1, 0.15) is 11.5 Å². The molecule has 3 rings (SSSR count). The Labute approximate surface area is 188 Å². The summed E-state index contributed by atoms with van der Waals surface area (Å²) in [6.45, 7) is 1.98. The number of nitrogens with zero attached hydrogens (tertiary/aromatic N) is 1. The minimum absolute atomic E-state index is 0.235. The average molecular weight is 461 g/mol. The summed E-state index contributed by atoms with van der Waals surface area (Å²) in [6.07, 6.45) is 3.69. The largest absolute Gasteiger partial charge is 0.497 e. The molecule has 0 saturated carbocycles. The van der Waals surface area contributed by atoms with E-state index in [1.54, 1.807) is 62.8 Å². The third-order valence-electron chi connectivity index (χ3n) is 5.10. The molecule has 0 aliphatic carbocycles. The quantitative estimate of drug-likeness (QED) is 0.576. The standard InChI is InChI=1S/C23H28N2O6S/c1-29-20-6-9-22(30-2)19(17-20)5-10-23(26)24-12-11-18-3-7-21(8-4-18)32(27,28)25-13-15-31-16-14-25/h3-10,17H,11-16H2,1-2H3,(H,24,26)/b10-5+. The van der Waals surface area contributed by atoms with Gasteiger partial charge in [0.15, 0.2) is 0 Å². The number of methoxy groups -OCH3 is 2. The highest BCUT2D eigenvalue weighted by atomic mass is 32.2. The van der Waals surface area contributed by atoms with Gasteiger partial charge in [-0.25, -0.2) is 8.42 Å². The molecule has 0 bridgehead atoms. The number of amides is 1. The first-order valence-electron chi connectivity index (χ1n) is 10.3. The van der Waals surface area contributed by atoms with E-state index < -0.39 is 10.0 Å². The van der Waals surface area contributed by atoms with E-state index in [0.717, 1.165) is 11.1 Å². The molecule has 1 aliphatic heterocycles. The Morgan fingerprint density at radius 1 is 1.09 bits per heavy atom. The molecule has 32 heavy (non-hydrogen) atoms. The smallest absolute Gasteiger partial charge is 0.244 e. The van der Waals surface area contributed by atoms with E-state index in [1.165, 1.54) is 10.4 Å². The van der Waals surface area contributed by atoms with Gasteiger partial charge < -0.3 is 19.5 Å². The summed E-state index contributed by atoms with van der Waals surface area (Å²) in [6, 6.07) is 12.1. The lowest BCUT2D eigenvalue weighted by atomic mass is 10.1. The fraction of sp³-hybridized carbons (Fsp3) is 0.348. The first-order chi connectivity index (χ1) is 15.4. The number of rotatable bonds is 9. The van der Waals surface area contributed by atoms with Crippen LogP contribution in [0.1, 0.15) is 11.1 Å². The van der Waals surface area contributed by atoms with Crippen LogP contribution in [0, 0.1) is 0 Å². The highest BCUT2D eigenvalue weighted by Crippen LogP contribution is 2.25. The maximum atomic E-state index is 12.7. The summed E-state index contributed by atoms with van der Waals surface area (Å²) in [5.41, 5.74) is 1.67. The van der Waals surface area contributed by atoms with Crippen molar-refractivity contribution < 1.29 is 27.4 Å². The molecule has 0 radical (unpaired) electrons. The number of nitrogens with one attached hydrogen (secondary N) is 1. The van der Waals surface area contributed by atoms with E-state index in [1.807, 2.05) is 0 Å². The first-order valence-corrected chi connectivity index (χ1v) is 11.7. The van der Waals surface area contributed by atoms with Gasteiger partial charge in [0.2, 0.25) is 15.9 Å². The van der Waals surface area contributed by atoms with Gasteiger partial charge in [-0.1, -0.05) is 12.1 Å². The molecule has 2 aromatic carbocycles. The Morgan fingerprint density at radius 2 is 1.81 bits per heavy atom. The van der Waals surface area contributed by atoms with Crippen molar-refractivity contribution in [3.05, 3.63) is 59.7 Å². The molecule has 172 valence electrons. The Bertz CT molecular complexity index is 1040. The van der Waals surface area contributed by atoms with E-state index in [4.69, 9.17) is 14.2 Å². The lowest BCUT2D eigenvalue weighted by molar-refractivity contribution is -0.116. The van der Waals surface area contributed by atoms with Crippen molar-refractivity contribution in [2.75, 3.05) is 47.1 Å². The van der Waals surface area contributed by atoms with Crippen LogP contribution in [-0.4, -0.2) is 65.7 Å². The first kappa shape index (κ1) is 23.8. The van der Waals surface area contributed by atoms with E-state index in [9.17, 15) is 13.2 Å². The molecule has 1 heterocycles. The normalized spacial score (nSPS) is 14.9. The molecule has 0 atom stereocenters. The van der Waals surface area contributed by atoms with Crippen molar-refractivity contribution >= 4 is 22.0 Å². The third-order valence-corrected chi connectivity index (χ3v) is 7.01. The molecule has 1 fully saturated rings. The van der Waals surface area contributed by atoms with E-state index >= 15 is 0 Å². The van der Waals surface area contributed by atoms with Crippen LogP contribution >= 0.6 is 0 Å². The zero-order valence-electron chi connectivity index (χ0n) is 18.2. The molecule has 9 heteroatoms. The number of carbonyl (C=O) groups is 1. The number of ether oxygens (including phenoxy) is 3. The molecular weight excluding hydrogens is 432 g/mol. The summed E-state index contributed by atoms with van der Waals surface area (Å²) in [5.74, 6) is 1.08. The fourth-order valence-corrected chi connectivity index (χ4v) is 4.70. The summed E-state index contributed by atoms with van der Waals surface area (Å²) >= 11 is 0. The molecule has 2 aromatic rings. The van der Waals surface area contributed by atoms with Crippen LogP contribution in [-0.2, 0) is 26.0 Å². The minimum Gasteiger partial charge on any atom is -0.497 e. The molecule has 0 unspecified atom stereocenters. The van der Waals surface area contributed by atoms with Crippen molar-refractivity contribution in [1.82, 2.24) is 9.62 Å². The van der Waals surface area contributed by atoms with Crippen LogP contribution in [0.25, 0.3) is 6.08 Å². The van der Waals surface area contributed by atoms with Gasteiger partial charge >= 0.3 is 0 Å². The second-order valence-electron chi connectivity index (χ2n) is 7.14. The van der Waals surface area contributed by atoms with Gasteiger partial charge in [-0.15, -0.1) is 0 Å². The summed E-state index contributed by atoms with van der Waals surface area (Å²) in [7, 11) is -0.360. The van der Waals surface area contributed by atoms with Crippen molar-refractivity contribution in [3.63, 3.8) is 0 Å². The van der Waals surface area contributed by atoms with Crippen LogP contribution in [0.15, 0.2) is 53.4 Å². The number of carbonyl (C=O) groups excluding carboxylic acids is 1. The molecule has 1 N–H and O–H groups in total. The molecule has 1 amide bonds. The number of benzene rings is 2. The minimum atomic E-state index is -3.50. The van der Waals surface area contributed by atoms with Gasteiger partial charge in [-0.2, -0.15) is 4.31 Å². The van der Waals surface area contributed by atoms with Gasteiger partial charge in [0, 0.05) is 31.3 Å². The Morgan fingerprint density at radius 3 is 2.47 bits per heavy atom. The highest BCUT2D eigenvalue weighted by Gasteiger charge is 2.25. The van der Waals surface area contributed by atoms with Crippen LogP contribution in [0.5, 0.6) is 11.5 Å². The van der Waals surface area contributed by atoms with Gasteiger partial charge in [0.05, 0.1) is 32.3 Å². The van der Waals surface area contributed by atoms with Crippen LogP contribution in [0.2, 0.25) is 0 Å².